The van der Waals surface area contributed by atoms with E-state index in [1.54, 1.807) is 6.20 Å². The molecule has 0 amide bonds. The molecule has 6 heteroatoms. The standard InChI is InChI=1S/C12H18ClN5/c1-4-12(5-2,6-3)17-9-8-7-14-18-10(8)16-11(13)15-9/h7H,4-6H2,1-3H3,(H2,14,15,16,17,18). The molecule has 0 saturated carbocycles. The third-order valence-electron chi connectivity index (χ3n) is 3.70. The van der Waals surface area contributed by atoms with E-state index in [0.29, 0.717) is 5.65 Å². The molecule has 0 aliphatic rings. The highest BCUT2D eigenvalue weighted by atomic mass is 35.5. The van der Waals surface area contributed by atoms with Crippen LogP contribution in [0.3, 0.4) is 0 Å². The molecule has 0 spiro atoms. The molecule has 0 aromatic carbocycles. The second-order valence-corrected chi connectivity index (χ2v) is 4.78. The van der Waals surface area contributed by atoms with Crippen molar-refractivity contribution in [1.82, 2.24) is 20.2 Å². The van der Waals surface area contributed by atoms with Crippen molar-refractivity contribution in [3.8, 4) is 0 Å². The van der Waals surface area contributed by atoms with Gasteiger partial charge in [-0.25, -0.2) is 0 Å². The Bertz CT molecular complexity index is 524. The van der Waals surface area contributed by atoms with Gasteiger partial charge in [0.05, 0.1) is 11.6 Å². The molecule has 5 nitrogen and oxygen atoms in total. The van der Waals surface area contributed by atoms with E-state index < -0.39 is 0 Å². The van der Waals surface area contributed by atoms with Crippen LogP contribution in [0.15, 0.2) is 6.20 Å². The molecule has 2 heterocycles. The van der Waals surface area contributed by atoms with Crippen LogP contribution in [-0.4, -0.2) is 25.7 Å². The Labute approximate surface area is 111 Å². The third kappa shape index (κ3) is 2.27. The monoisotopic (exact) mass is 267 g/mol. The van der Waals surface area contributed by atoms with Gasteiger partial charge in [0.2, 0.25) is 5.28 Å². The predicted molar refractivity (Wildman–Crippen MR) is 73.9 cm³/mol. The van der Waals surface area contributed by atoms with Crippen molar-refractivity contribution in [2.24, 2.45) is 0 Å². The SMILES string of the molecule is CCC(CC)(CC)Nc1nc(Cl)nc2[nH]ncc12. The lowest BCUT2D eigenvalue weighted by molar-refractivity contribution is 0.419. The Kier molecular flexibility index (Phi) is 3.71. The average Bonchev–Trinajstić information content (AvgIpc) is 2.84. The molecule has 98 valence electrons. The number of aromatic amines is 1. The van der Waals surface area contributed by atoms with Gasteiger partial charge < -0.3 is 5.32 Å². The van der Waals surface area contributed by atoms with E-state index in [1.165, 1.54) is 0 Å². The first-order valence-electron chi connectivity index (χ1n) is 6.29. The Hall–Kier alpha value is -1.36. The summed E-state index contributed by atoms with van der Waals surface area (Å²) < 4.78 is 0. The van der Waals surface area contributed by atoms with Gasteiger partial charge in [-0.1, -0.05) is 20.8 Å². The lowest BCUT2D eigenvalue weighted by Gasteiger charge is -2.32. The summed E-state index contributed by atoms with van der Waals surface area (Å²) in [5.41, 5.74) is 0.705. The minimum absolute atomic E-state index is 0.0435. The summed E-state index contributed by atoms with van der Waals surface area (Å²) in [7, 11) is 0. The van der Waals surface area contributed by atoms with Crippen molar-refractivity contribution in [2.45, 2.75) is 45.6 Å². The topological polar surface area (TPSA) is 66.5 Å². The van der Waals surface area contributed by atoms with Crippen LogP contribution in [0, 0.1) is 0 Å². The minimum atomic E-state index is 0.0435. The van der Waals surface area contributed by atoms with Crippen molar-refractivity contribution in [2.75, 3.05) is 5.32 Å². The fraction of sp³-hybridized carbons (Fsp3) is 0.583. The number of fused-ring (bicyclic) bond motifs is 1. The zero-order valence-corrected chi connectivity index (χ0v) is 11.7. The van der Waals surface area contributed by atoms with Crippen molar-refractivity contribution in [3.05, 3.63) is 11.5 Å². The van der Waals surface area contributed by atoms with Gasteiger partial charge in [-0.3, -0.25) is 5.10 Å². The number of H-pyrrole nitrogens is 1. The minimum Gasteiger partial charge on any atom is -0.364 e. The summed E-state index contributed by atoms with van der Waals surface area (Å²) in [6.07, 6.45) is 4.81. The second-order valence-electron chi connectivity index (χ2n) is 4.44. The molecular formula is C12H18ClN5. The van der Waals surface area contributed by atoms with Gasteiger partial charge in [-0.2, -0.15) is 15.1 Å². The van der Waals surface area contributed by atoms with Crippen LogP contribution in [0.5, 0.6) is 0 Å². The Morgan fingerprint density at radius 2 is 1.89 bits per heavy atom. The molecule has 2 N–H and O–H groups in total. The van der Waals surface area contributed by atoms with E-state index in [9.17, 15) is 0 Å². The van der Waals surface area contributed by atoms with Gasteiger partial charge in [0.25, 0.3) is 0 Å². The first-order valence-corrected chi connectivity index (χ1v) is 6.66. The molecule has 0 saturated heterocycles. The summed E-state index contributed by atoms with van der Waals surface area (Å²) in [4.78, 5) is 8.39. The number of hydrogen-bond acceptors (Lipinski definition) is 4. The van der Waals surface area contributed by atoms with Crippen LogP contribution in [-0.2, 0) is 0 Å². The first-order chi connectivity index (χ1) is 8.64. The number of anilines is 1. The molecule has 0 aliphatic heterocycles. The number of nitrogens with zero attached hydrogens (tertiary/aromatic N) is 3. The molecule has 0 bridgehead atoms. The molecule has 18 heavy (non-hydrogen) atoms. The van der Waals surface area contributed by atoms with Crippen LogP contribution >= 0.6 is 11.6 Å². The maximum atomic E-state index is 5.93. The maximum absolute atomic E-state index is 5.93. The molecule has 0 radical (unpaired) electrons. The Morgan fingerprint density at radius 1 is 1.22 bits per heavy atom. The van der Waals surface area contributed by atoms with Crippen molar-refractivity contribution >= 4 is 28.5 Å². The van der Waals surface area contributed by atoms with E-state index in [1.807, 2.05) is 0 Å². The molecular weight excluding hydrogens is 250 g/mol. The normalized spacial score (nSPS) is 12.0. The summed E-state index contributed by atoms with van der Waals surface area (Å²) in [5.74, 6) is 0.754. The lowest BCUT2D eigenvalue weighted by atomic mass is 9.90. The highest BCUT2D eigenvalue weighted by Crippen LogP contribution is 2.28. The van der Waals surface area contributed by atoms with Crippen molar-refractivity contribution < 1.29 is 0 Å². The molecule has 0 atom stereocenters. The number of aromatic nitrogens is 4. The predicted octanol–water partition coefficient (Wildman–Crippen LogP) is 3.39. The number of halogens is 1. The molecule has 0 aliphatic carbocycles. The van der Waals surface area contributed by atoms with E-state index in [0.717, 1.165) is 30.5 Å². The van der Waals surface area contributed by atoms with E-state index >= 15 is 0 Å². The van der Waals surface area contributed by atoms with Crippen LogP contribution in [0.4, 0.5) is 5.82 Å². The quantitative estimate of drug-likeness (QED) is 0.815. The lowest BCUT2D eigenvalue weighted by Crippen LogP contribution is -2.36. The van der Waals surface area contributed by atoms with Crippen LogP contribution in [0.1, 0.15) is 40.0 Å². The van der Waals surface area contributed by atoms with Gasteiger partial charge >= 0.3 is 0 Å². The molecule has 2 rings (SSSR count). The maximum Gasteiger partial charge on any atom is 0.226 e. The van der Waals surface area contributed by atoms with E-state index in [2.05, 4.69) is 46.3 Å². The number of nitrogens with one attached hydrogen (secondary N) is 2. The fourth-order valence-corrected chi connectivity index (χ4v) is 2.34. The number of rotatable bonds is 5. The summed E-state index contributed by atoms with van der Waals surface area (Å²) >= 11 is 5.93. The summed E-state index contributed by atoms with van der Waals surface area (Å²) in [5, 5.41) is 11.4. The second kappa shape index (κ2) is 5.10. The highest BCUT2D eigenvalue weighted by molar-refractivity contribution is 6.28. The third-order valence-corrected chi connectivity index (χ3v) is 3.87. The van der Waals surface area contributed by atoms with Crippen LogP contribution < -0.4 is 5.32 Å². The summed E-state index contributed by atoms with van der Waals surface area (Å²) in [6, 6.07) is 0. The van der Waals surface area contributed by atoms with E-state index in [-0.39, 0.29) is 10.8 Å². The summed E-state index contributed by atoms with van der Waals surface area (Å²) in [6.45, 7) is 6.53. The molecule has 2 aromatic rings. The van der Waals surface area contributed by atoms with Crippen molar-refractivity contribution in [3.63, 3.8) is 0 Å². The molecule has 0 unspecified atom stereocenters. The Morgan fingerprint density at radius 3 is 2.50 bits per heavy atom. The van der Waals surface area contributed by atoms with E-state index in [4.69, 9.17) is 11.6 Å². The van der Waals surface area contributed by atoms with Gasteiger partial charge in [0.15, 0.2) is 5.65 Å². The van der Waals surface area contributed by atoms with Gasteiger partial charge in [0, 0.05) is 5.54 Å². The van der Waals surface area contributed by atoms with Gasteiger partial charge in [-0.05, 0) is 30.9 Å². The number of hydrogen-bond donors (Lipinski definition) is 2. The first kappa shape index (κ1) is 13.1. The highest BCUT2D eigenvalue weighted by Gasteiger charge is 2.25. The molecule has 0 fully saturated rings. The largest absolute Gasteiger partial charge is 0.364 e. The van der Waals surface area contributed by atoms with Crippen LogP contribution in [0.2, 0.25) is 5.28 Å². The Balaban J connectivity index is 2.44. The van der Waals surface area contributed by atoms with Gasteiger partial charge in [0.1, 0.15) is 5.82 Å². The zero-order valence-electron chi connectivity index (χ0n) is 10.9. The van der Waals surface area contributed by atoms with Gasteiger partial charge in [-0.15, -0.1) is 0 Å². The van der Waals surface area contributed by atoms with Crippen LogP contribution in [0.25, 0.3) is 11.0 Å². The molecule has 2 aromatic heterocycles. The zero-order chi connectivity index (χ0) is 13.2. The average molecular weight is 268 g/mol. The fourth-order valence-electron chi connectivity index (χ4n) is 2.17. The van der Waals surface area contributed by atoms with Crippen molar-refractivity contribution in [1.29, 1.82) is 0 Å². The smallest absolute Gasteiger partial charge is 0.226 e.